The molecule has 0 amide bonds. The van der Waals surface area contributed by atoms with Gasteiger partial charge < -0.3 is 16.2 Å². The summed E-state index contributed by atoms with van der Waals surface area (Å²) in [5.74, 6) is 2.11. The molecule has 0 aromatic heterocycles. The van der Waals surface area contributed by atoms with Gasteiger partial charge in [0, 0.05) is 18.1 Å². The molecular formula is C20H28N2O. The van der Waals surface area contributed by atoms with Crippen LogP contribution in [0.2, 0.25) is 0 Å². The Hall–Kier alpha value is -0.900. The van der Waals surface area contributed by atoms with Gasteiger partial charge in [-0.25, -0.2) is 0 Å². The van der Waals surface area contributed by atoms with Crippen molar-refractivity contribution in [2.24, 2.45) is 23.5 Å². The Morgan fingerprint density at radius 1 is 1.04 bits per heavy atom. The van der Waals surface area contributed by atoms with Gasteiger partial charge in [0.05, 0.1) is 5.60 Å². The first-order valence-corrected chi connectivity index (χ1v) is 9.33. The molecule has 1 aromatic carbocycles. The topological polar surface area (TPSA) is 58.3 Å². The van der Waals surface area contributed by atoms with Gasteiger partial charge in [-0.1, -0.05) is 24.3 Å². The highest BCUT2D eigenvalue weighted by Crippen LogP contribution is 2.55. The van der Waals surface area contributed by atoms with Crippen molar-refractivity contribution >= 4 is 0 Å². The lowest BCUT2D eigenvalue weighted by Crippen LogP contribution is -2.63. The number of aliphatic hydroxyl groups is 1. The monoisotopic (exact) mass is 312 g/mol. The Morgan fingerprint density at radius 3 is 2.22 bits per heavy atom. The molecule has 5 aliphatic rings. The Balaban J connectivity index is 1.27. The summed E-state index contributed by atoms with van der Waals surface area (Å²) < 4.78 is 0. The number of benzene rings is 1. The van der Waals surface area contributed by atoms with Crippen LogP contribution in [0.4, 0.5) is 0 Å². The van der Waals surface area contributed by atoms with E-state index in [4.69, 9.17) is 5.73 Å². The highest BCUT2D eigenvalue weighted by molar-refractivity contribution is 5.36. The van der Waals surface area contributed by atoms with Crippen LogP contribution in [-0.4, -0.2) is 28.8 Å². The highest BCUT2D eigenvalue weighted by Gasteiger charge is 2.54. The number of hydrogen-bond acceptors (Lipinski definition) is 3. The lowest BCUT2D eigenvalue weighted by Gasteiger charge is -2.58. The van der Waals surface area contributed by atoms with Crippen molar-refractivity contribution < 1.29 is 5.11 Å². The molecule has 6 rings (SSSR count). The standard InChI is InChI=1S/C20H28N2O/c21-19(8-14-3-1-2-4-15(14)9-19)12-22-18-16-5-13-6-17(18)11-20(23,7-13)10-16/h1-4,13,16-18,22-23H,5-12,21H2. The van der Waals surface area contributed by atoms with Gasteiger partial charge in [-0.2, -0.15) is 0 Å². The van der Waals surface area contributed by atoms with Crippen molar-refractivity contribution in [1.29, 1.82) is 0 Å². The third-order valence-corrected chi connectivity index (χ3v) is 7.13. The van der Waals surface area contributed by atoms with E-state index in [2.05, 4.69) is 29.6 Å². The average Bonchev–Trinajstić information content (AvgIpc) is 2.81. The summed E-state index contributed by atoms with van der Waals surface area (Å²) in [4.78, 5) is 0. The second-order valence-corrected chi connectivity index (χ2v) is 9.09. The summed E-state index contributed by atoms with van der Waals surface area (Å²) in [6, 6.07) is 9.27. The van der Waals surface area contributed by atoms with Crippen molar-refractivity contribution in [3.05, 3.63) is 35.4 Å². The minimum Gasteiger partial charge on any atom is -0.390 e. The number of fused-ring (bicyclic) bond motifs is 1. The van der Waals surface area contributed by atoms with Crippen molar-refractivity contribution in [1.82, 2.24) is 5.32 Å². The van der Waals surface area contributed by atoms with E-state index in [0.29, 0.717) is 17.9 Å². The molecule has 3 heteroatoms. The van der Waals surface area contributed by atoms with E-state index >= 15 is 0 Å². The maximum Gasteiger partial charge on any atom is 0.0657 e. The van der Waals surface area contributed by atoms with Gasteiger partial charge in [0.25, 0.3) is 0 Å². The van der Waals surface area contributed by atoms with Crippen LogP contribution in [0.5, 0.6) is 0 Å². The molecule has 0 radical (unpaired) electrons. The number of hydrogen-bond donors (Lipinski definition) is 3. The third-order valence-electron chi connectivity index (χ3n) is 7.13. The Labute approximate surface area is 138 Å². The predicted octanol–water partition coefficient (Wildman–Crippen LogP) is 2.01. The first kappa shape index (κ1) is 14.4. The molecule has 4 fully saturated rings. The van der Waals surface area contributed by atoms with Gasteiger partial charge in [-0.15, -0.1) is 0 Å². The minimum absolute atomic E-state index is 0.130. The van der Waals surface area contributed by atoms with Gasteiger partial charge in [0.1, 0.15) is 0 Å². The fourth-order valence-electron chi connectivity index (χ4n) is 6.48. The zero-order valence-corrected chi connectivity index (χ0v) is 13.8. The maximum absolute atomic E-state index is 10.7. The molecule has 1 aromatic rings. The molecule has 5 aliphatic carbocycles. The highest BCUT2D eigenvalue weighted by atomic mass is 16.3. The van der Waals surface area contributed by atoms with Crippen LogP contribution < -0.4 is 11.1 Å². The minimum atomic E-state index is -0.335. The fourth-order valence-corrected chi connectivity index (χ4v) is 6.48. The van der Waals surface area contributed by atoms with Gasteiger partial charge in [0.2, 0.25) is 0 Å². The first-order chi connectivity index (χ1) is 11.0. The van der Waals surface area contributed by atoms with E-state index in [-0.39, 0.29) is 11.1 Å². The Kier molecular flexibility index (Phi) is 3.02. The van der Waals surface area contributed by atoms with Crippen LogP contribution in [0, 0.1) is 17.8 Å². The van der Waals surface area contributed by atoms with E-state index in [1.165, 1.54) is 24.0 Å². The predicted molar refractivity (Wildman–Crippen MR) is 91.1 cm³/mol. The van der Waals surface area contributed by atoms with Crippen molar-refractivity contribution in [2.45, 2.75) is 62.1 Å². The van der Waals surface area contributed by atoms with Gasteiger partial charge >= 0.3 is 0 Å². The lowest BCUT2D eigenvalue weighted by atomic mass is 9.52. The van der Waals surface area contributed by atoms with Crippen LogP contribution in [-0.2, 0) is 12.8 Å². The van der Waals surface area contributed by atoms with Gasteiger partial charge in [0.15, 0.2) is 0 Å². The van der Waals surface area contributed by atoms with Gasteiger partial charge in [-0.05, 0) is 73.8 Å². The van der Waals surface area contributed by atoms with Crippen LogP contribution in [0.1, 0.15) is 43.2 Å². The summed E-state index contributed by atoms with van der Waals surface area (Å²) in [5.41, 5.74) is 9.12. The summed E-state index contributed by atoms with van der Waals surface area (Å²) in [5, 5.41) is 14.6. The average molecular weight is 312 g/mol. The molecule has 0 spiro atoms. The van der Waals surface area contributed by atoms with Crippen molar-refractivity contribution in [2.75, 3.05) is 6.54 Å². The van der Waals surface area contributed by atoms with Crippen LogP contribution >= 0.6 is 0 Å². The molecule has 124 valence electrons. The molecule has 3 nitrogen and oxygen atoms in total. The molecule has 2 unspecified atom stereocenters. The third kappa shape index (κ3) is 2.36. The second-order valence-electron chi connectivity index (χ2n) is 9.09. The molecular weight excluding hydrogens is 284 g/mol. The molecule has 0 aliphatic heterocycles. The SMILES string of the molecule is NC1(CNC2C3CC4CC2CC(O)(C4)C3)Cc2ccccc2C1. The molecule has 4 saturated carbocycles. The van der Waals surface area contributed by atoms with Crippen LogP contribution in [0.3, 0.4) is 0 Å². The second kappa shape index (κ2) is 4.81. The number of nitrogens with two attached hydrogens (primary N) is 1. The van der Waals surface area contributed by atoms with Crippen LogP contribution in [0.15, 0.2) is 24.3 Å². The fraction of sp³-hybridized carbons (Fsp3) is 0.700. The first-order valence-electron chi connectivity index (χ1n) is 9.33. The Morgan fingerprint density at radius 2 is 1.65 bits per heavy atom. The normalized spacial score (nSPS) is 42.9. The maximum atomic E-state index is 10.7. The zero-order valence-electron chi connectivity index (χ0n) is 13.8. The summed E-state index contributed by atoms with van der Waals surface area (Å²) in [7, 11) is 0. The van der Waals surface area contributed by atoms with Crippen molar-refractivity contribution in [3.8, 4) is 0 Å². The molecule has 2 atom stereocenters. The van der Waals surface area contributed by atoms with Gasteiger partial charge in [-0.3, -0.25) is 0 Å². The molecule has 23 heavy (non-hydrogen) atoms. The van der Waals surface area contributed by atoms with E-state index in [9.17, 15) is 5.11 Å². The summed E-state index contributed by atoms with van der Waals surface area (Å²) in [6.45, 7) is 0.905. The number of nitrogens with one attached hydrogen (secondary N) is 1. The molecule has 0 heterocycles. The van der Waals surface area contributed by atoms with E-state index in [1.54, 1.807) is 0 Å². The molecule has 4 bridgehead atoms. The van der Waals surface area contributed by atoms with E-state index < -0.39 is 0 Å². The molecule has 0 saturated heterocycles. The number of rotatable bonds is 3. The van der Waals surface area contributed by atoms with E-state index in [0.717, 1.165) is 44.6 Å². The smallest absolute Gasteiger partial charge is 0.0657 e. The Bertz CT molecular complexity index is 587. The van der Waals surface area contributed by atoms with Crippen LogP contribution in [0.25, 0.3) is 0 Å². The lowest BCUT2D eigenvalue weighted by molar-refractivity contribution is -0.139. The zero-order chi connectivity index (χ0) is 15.7. The molecule has 4 N–H and O–H groups in total. The largest absolute Gasteiger partial charge is 0.390 e. The van der Waals surface area contributed by atoms with E-state index in [1.807, 2.05) is 0 Å². The van der Waals surface area contributed by atoms with Crippen molar-refractivity contribution in [3.63, 3.8) is 0 Å². The quantitative estimate of drug-likeness (QED) is 0.800. The summed E-state index contributed by atoms with van der Waals surface area (Å²) >= 11 is 0. The summed E-state index contributed by atoms with van der Waals surface area (Å²) in [6.07, 6.45) is 7.69.